The third kappa shape index (κ3) is 5.81. The fourth-order valence-electron chi connectivity index (χ4n) is 3.47. The molecule has 1 heterocycles. The van der Waals surface area contributed by atoms with Crippen LogP contribution in [0.1, 0.15) is 39.9 Å². The Morgan fingerprint density at radius 1 is 1.06 bits per heavy atom. The molecule has 31 heavy (non-hydrogen) atoms. The van der Waals surface area contributed by atoms with Crippen LogP contribution in [0.15, 0.2) is 54.9 Å². The number of hydrogen-bond acceptors (Lipinski definition) is 5. The summed E-state index contributed by atoms with van der Waals surface area (Å²) in [6.45, 7) is 1.87. The molecule has 2 aromatic carbocycles. The molecule has 6 heteroatoms. The number of pyridine rings is 1. The molecule has 1 aromatic heterocycles. The lowest BCUT2D eigenvalue weighted by atomic mass is 9.92. The molecule has 1 aliphatic rings. The second kappa shape index (κ2) is 10.6. The van der Waals surface area contributed by atoms with Gasteiger partial charge in [0.15, 0.2) is 11.6 Å². The Morgan fingerprint density at radius 3 is 2.55 bits per heavy atom. The van der Waals surface area contributed by atoms with Crippen LogP contribution >= 0.6 is 0 Å². The molecule has 3 aromatic rings. The molecule has 0 atom stereocenters. The van der Waals surface area contributed by atoms with Crippen molar-refractivity contribution in [3.8, 4) is 11.5 Å². The molecule has 5 nitrogen and oxygen atoms in total. The van der Waals surface area contributed by atoms with E-state index >= 15 is 0 Å². The summed E-state index contributed by atoms with van der Waals surface area (Å²) in [5.41, 5.74) is 4.81. The number of carbonyl (C=O) groups is 1. The normalized spacial score (nSPS) is 12.1. The SMILES string of the molecule is CNc1cnccc1C(=O)OC.Cc1ccc(Oc2ccc3c(c2)CCCC3)c(F)c1. The molecule has 1 N–H and O–H groups in total. The number of halogens is 1. The molecule has 1 aliphatic carbocycles. The Morgan fingerprint density at radius 2 is 1.84 bits per heavy atom. The fourth-order valence-corrected chi connectivity index (χ4v) is 3.47. The highest BCUT2D eigenvalue weighted by atomic mass is 19.1. The number of hydrogen-bond donors (Lipinski definition) is 1. The smallest absolute Gasteiger partial charge is 0.340 e. The zero-order valence-corrected chi connectivity index (χ0v) is 18.1. The summed E-state index contributed by atoms with van der Waals surface area (Å²) in [5, 5.41) is 2.85. The van der Waals surface area contributed by atoms with Gasteiger partial charge in [-0.05, 0) is 79.6 Å². The van der Waals surface area contributed by atoms with Crippen LogP contribution in [0.4, 0.5) is 10.1 Å². The number of ether oxygens (including phenoxy) is 2. The predicted molar refractivity (Wildman–Crippen MR) is 119 cm³/mol. The van der Waals surface area contributed by atoms with Crippen molar-refractivity contribution in [2.75, 3.05) is 19.5 Å². The summed E-state index contributed by atoms with van der Waals surface area (Å²) in [4.78, 5) is 15.0. The van der Waals surface area contributed by atoms with E-state index in [-0.39, 0.29) is 11.8 Å². The Balaban J connectivity index is 0.000000196. The van der Waals surface area contributed by atoms with Gasteiger partial charge in [0.1, 0.15) is 5.75 Å². The highest BCUT2D eigenvalue weighted by molar-refractivity contribution is 5.95. The number of fused-ring (bicyclic) bond motifs is 1. The molecule has 0 aliphatic heterocycles. The topological polar surface area (TPSA) is 60.5 Å². The number of aryl methyl sites for hydroxylation is 3. The largest absolute Gasteiger partial charge is 0.465 e. The van der Waals surface area contributed by atoms with E-state index in [9.17, 15) is 9.18 Å². The van der Waals surface area contributed by atoms with Crippen molar-refractivity contribution in [2.24, 2.45) is 0 Å². The van der Waals surface area contributed by atoms with Crippen LogP contribution in [-0.4, -0.2) is 25.1 Å². The fraction of sp³-hybridized carbons (Fsp3) is 0.280. The maximum atomic E-state index is 13.8. The van der Waals surface area contributed by atoms with Crippen LogP contribution in [0.2, 0.25) is 0 Å². The number of anilines is 1. The van der Waals surface area contributed by atoms with Gasteiger partial charge in [-0.1, -0.05) is 12.1 Å². The Labute approximate surface area is 182 Å². The highest BCUT2D eigenvalue weighted by Gasteiger charge is 2.11. The first-order chi connectivity index (χ1) is 15.0. The van der Waals surface area contributed by atoms with Gasteiger partial charge in [0.25, 0.3) is 0 Å². The molecule has 0 saturated carbocycles. The van der Waals surface area contributed by atoms with Gasteiger partial charge in [-0.25, -0.2) is 9.18 Å². The van der Waals surface area contributed by atoms with Gasteiger partial charge in [-0.3, -0.25) is 4.98 Å². The minimum Gasteiger partial charge on any atom is -0.465 e. The summed E-state index contributed by atoms with van der Waals surface area (Å²) in [6, 6.07) is 12.7. The van der Waals surface area contributed by atoms with Crippen molar-refractivity contribution in [3.63, 3.8) is 0 Å². The van der Waals surface area contributed by atoms with Crippen molar-refractivity contribution in [1.29, 1.82) is 0 Å². The Bertz CT molecular complexity index is 1050. The molecule has 0 radical (unpaired) electrons. The predicted octanol–water partition coefficient (Wildman–Crippen LogP) is 5.72. The van der Waals surface area contributed by atoms with Gasteiger partial charge in [0.05, 0.1) is 24.6 Å². The Hall–Kier alpha value is -3.41. The standard InChI is InChI=1S/C17H17FO.C8H10N2O2/c1-12-6-9-17(16(18)10-12)19-15-8-7-13-4-2-3-5-14(13)11-15;1-9-7-5-10-4-3-6(7)8(11)12-2/h6-11H,2-5H2,1H3;3-5,9H,1-2H3. The average molecular weight is 423 g/mol. The van der Waals surface area contributed by atoms with Gasteiger partial charge >= 0.3 is 5.97 Å². The van der Waals surface area contributed by atoms with E-state index in [0.29, 0.717) is 17.0 Å². The second-order valence-corrected chi connectivity index (χ2v) is 7.34. The number of rotatable bonds is 4. The van der Waals surface area contributed by atoms with Crippen molar-refractivity contribution in [3.05, 3.63) is 82.9 Å². The van der Waals surface area contributed by atoms with Crippen molar-refractivity contribution in [2.45, 2.75) is 32.6 Å². The minimum absolute atomic E-state index is 0.293. The van der Waals surface area contributed by atoms with Crippen LogP contribution in [0.3, 0.4) is 0 Å². The summed E-state index contributed by atoms with van der Waals surface area (Å²) >= 11 is 0. The molecule has 0 amide bonds. The second-order valence-electron chi connectivity index (χ2n) is 7.34. The van der Waals surface area contributed by atoms with E-state index in [1.165, 1.54) is 37.1 Å². The lowest BCUT2D eigenvalue weighted by Gasteiger charge is -2.16. The van der Waals surface area contributed by atoms with E-state index in [1.54, 1.807) is 31.6 Å². The summed E-state index contributed by atoms with van der Waals surface area (Å²) in [5.74, 6) is 0.351. The number of carbonyl (C=O) groups excluding carboxylic acids is 1. The number of nitrogens with zero attached hydrogens (tertiary/aromatic N) is 1. The molecule has 0 bridgehead atoms. The number of aromatic nitrogens is 1. The first kappa shape index (κ1) is 22.3. The zero-order valence-electron chi connectivity index (χ0n) is 18.1. The number of benzene rings is 2. The minimum atomic E-state index is -0.359. The van der Waals surface area contributed by atoms with Gasteiger partial charge in [-0.15, -0.1) is 0 Å². The molecule has 0 fully saturated rings. The summed E-state index contributed by atoms with van der Waals surface area (Å²) in [6.07, 6.45) is 7.87. The van der Waals surface area contributed by atoms with Crippen molar-refractivity contribution >= 4 is 11.7 Å². The number of nitrogens with one attached hydrogen (secondary N) is 1. The Kier molecular flexibility index (Phi) is 7.60. The first-order valence-electron chi connectivity index (χ1n) is 10.3. The zero-order chi connectivity index (χ0) is 22.2. The lowest BCUT2D eigenvalue weighted by molar-refractivity contribution is 0.0601. The molecule has 4 rings (SSSR count). The third-order valence-corrected chi connectivity index (χ3v) is 5.13. The average Bonchev–Trinajstić information content (AvgIpc) is 2.80. The van der Waals surface area contributed by atoms with E-state index < -0.39 is 0 Å². The van der Waals surface area contributed by atoms with Gasteiger partial charge in [-0.2, -0.15) is 0 Å². The quantitative estimate of drug-likeness (QED) is 0.545. The van der Waals surface area contributed by atoms with E-state index in [4.69, 9.17) is 4.74 Å². The first-order valence-corrected chi connectivity index (χ1v) is 10.3. The van der Waals surface area contributed by atoms with Crippen LogP contribution in [0.25, 0.3) is 0 Å². The molecule has 0 spiro atoms. The van der Waals surface area contributed by atoms with Crippen LogP contribution in [0.5, 0.6) is 11.5 Å². The van der Waals surface area contributed by atoms with Crippen LogP contribution < -0.4 is 10.1 Å². The van der Waals surface area contributed by atoms with Gasteiger partial charge in [0, 0.05) is 13.2 Å². The van der Waals surface area contributed by atoms with Crippen molar-refractivity contribution < 1.29 is 18.7 Å². The summed E-state index contributed by atoms with van der Waals surface area (Å²) < 4.78 is 24.0. The maximum Gasteiger partial charge on any atom is 0.340 e. The highest BCUT2D eigenvalue weighted by Crippen LogP contribution is 2.29. The third-order valence-electron chi connectivity index (χ3n) is 5.13. The van der Waals surface area contributed by atoms with E-state index in [0.717, 1.165) is 24.2 Å². The monoisotopic (exact) mass is 422 g/mol. The molecular formula is C25H27FN2O3. The maximum absolute atomic E-state index is 13.8. The number of methoxy groups -OCH3 is 1. The lowest BCUT2D eigenvalue weighted by Crippen LogP contribution is -2.05. The van der Waals surface area contributed by atoms with Crippen LogP contribution in [-0.2, 0) is 17.6 Å². The summed E-state index contributed by atoms with van der Waals surface area (Å²) in [7, 11) is 3.08. The molecule has 0 saturated heterocycles. The van der Waals surface area contributed by atoms with Gasteiger partial charge in [0.2, 0.25) is 0 Å². The van der Waals surface area contributed by atoms with E-state index in [2.05, 4.69) is 21.1 Å². The van der Waals surface area contributed by atoms with E-state index in [1.807, 2.05) is 25.1 Å². The van der Waals surface area contributed by atoms with Crippen LogP contribution in [0, 0.1) is 12.7 Å². The molecule has 0 unspecified atom stereocenters. The molecule has 162 valence electrons. The van der Waals surface area contributed by atoms with Crippen molar-refractivity contribution in [1.82, 2.24) is 4.98 Å². The van der Waals surface area contributed by atoms with Gasteiger partial charge < -0.3 is 14.8 Å². The number of esters is 1. The molecular weight excluding hydrogens is 395 g/mol.